The molecule has 122 valence electrons. The highest BCUT2D eigenvalue weighted by Gasteiger charge is 2.20. The summed E-state index contributed by atoms with van der Waals surface area (Å²) in [7, 11) is 0. The van der Waals surface area contributed by atoms with Gasteiger partial charge >= 0.3 is 0 Å². The fourth-order valence-electron chi connectivity index (χ4n) is 3.28. The molecule has 1 N–H and O–H groups in total. The molecule has 0 amide bonds. The summed E-state index contributed by atoms with van der Waals surface area (Å²) >= 11 is 0. The van der Waals surface area contributed by atoms with Crippen LogP contribution in [0.1, 0.15) is 5.56 Å². The second-order valence-corrected chi connectivity index (χ2v) is 6.21. The highest BCUT2D eigenvalue weighted by Crippen LogP contribution is 2.27. The van der Waals surface area contributed by atoms with Crippen LogP contribution in [0.15, 0.2) is 48.8 Å². The average molecular weight is 320 g/mol. The molecule has 1 fully saturated rings. The summed E-state index contributed by atoms with van der Waals surface area (Å²) in [5.74, 6) is 1.33. The predicted octanol–water partition coefficient (Wildman–Crippen LogP) is 2.97. The van der Waals surface area contributed by atoms with Crippen LogP contribution in [0.25, 0.3) is 10.9 Å². The molecule has 3 aromatic rings. The van der Waals surface area contributed by atoms with E-state index < -0.39 is 0 Å². The maximum Gasteiger partial charge on any atom is 0.140 e. The van der Waals surface area contributed by atoms with Gasteiger partial charge in [-0.3, -0.25) is 0 Å². The lowest BCUT2D eigenvalue weighted by atomic mass is 10.1. The van der Waals surface area contributed by atoms with Crippen molar-refractivity contribution in [2.24, 2.45) is 0 Å². The van der Waals surface area contributed by atoms with Gasteiger partial charge in [0, 0.05) is 43.3 Å². The Morgan fingerprint density at radius 1 is 0.917 bits per heavy atom. The Morgan fingerprint density at radius 3 is 2.50 bits per heavy atom. The van der Waals surface area contributed by atoms with Crippen LogP contribution < -0.4 is 9.80 Å². The number of piperazine rings is 1. The molecular weight excluding hydrogens is 300 g/mol. The zero-order valence-corrected chi connectivity index (χ0v) is 13.7. The molecular formula is C19H20N4O. The number of fused-ring (bicyclic) bond motifs is 1. The molecule has 5 nitrogen and oxygen atoms in total. The molecule has 2 heterocycles. The van der Waals surface area contributed by atoms with Crippen LogP contribution in [0, 0.1) is 6.92 Å². The minimum absolute atomic E-state index is 0.312. The highest BCUT2D eigenvalue weighted by atomic mass is 16.3. The number of rotatable bonds is 2. The zero-order chi connectivity index (χ0) is 16.5. The Bertz CT molecular complexity index is 872. The summed E-state index contributed by atoms with van der Waals surface area (Å²) in [6.45, 7) is 5.70. The van der Waals surface area contributed by atoms with E-state index in [1.165, 1.54) is 5.56 Å². The van der Waals surface area contributed by atoms with Gasteiger partial charge in [-0.05, 0) is 31.2 Å². The second-order valence-electron chi connectivity index (χ2n) is 6.21. The Hall–Kier alpha value is -2.82. The highest BCUT2D eigenvalue weighted by molar-refractivity contribution is 5.89. The minimum Gasteiger partial charge on any atom is -0.508 e. The number of hydrogen-bond acceptors (Lipinski definition) is 5. The number of phenolic OH excluding ortho intramolecular Hbond substituents is 1. The summed E-state index contributed by atoms with van der Waals surface area (Å²) in [6, 6.07) is 13.7. The largest absolute Gasteiger partial charge is 0.508 e. The first-order chi connectivity index (χ1) is 11.7. The summed E-state index contributed by atoms with van der Waals surface area (Å²) in [6.07, 6.45) is 1.65. The van der Waals surface area contributed by atoms with Gasteiger partial charge < -0.3 is 14.9 Å². The summed E-state index contributed by atoms with van der Waals surface area (Å²) < 4.78 is 0. The molecule has 0 unspecified atom stereocenters. The molecule has 0 saturated carbocycles. The first kappa shape index (κ1) is 14.8. The molecule has 4 rings (SSSR count). The van der Waals surface area contributed by atoms with Gasteiger partial charge in [0.1, 0.15) is 17.9 Å². The monoisotopic (exact) mass is 320 g/mol. The van der Waals surface area contributed by atoms with Gasteiger partial charge in [-0.25, -0.2) is 9.97 Å². The third kappa shape index (κ3) is 2.73. The van der Waals surface area contributed by atoms with E-state index in [1.54, 1.807) is 12.4 Å². The van der Waals surface area contributed by atoms with Crippen molar-refractivity contribution < 1.29 is 5.11 Å². The number of phenols is 1. The van der Waals surface area contributed by atoms with E-state index in [9.17, 15) is 5.11 Å². The minimum atomic E-state index is 0.312. The van der Waals surface area contributed by atoms with Crippen molar-refractivity contribution in [2.75, 3.05) is 36.0 Å². The van der Waals surface area contributed by atoms with Crippen molar-refractivity contribution in [1.82, 2.24) is 9.97 Å². The molecule has 2 aromatic carbocycles. The topological polar surface area (TPSA) is 52.5 Å². The fourth-order valence-corrected chi connectivity index (χ4v) is 3.28. The number of nitrogens with zero attached hydrogens (tertiary/aromatic N) is 4. The smallest absolute Gasteiger partial charge is 0.140 e. The lowest BCUT2D eigenvalue weighted by molar-refractivity contribution is 0.475. The Kier molecular flexibility index (Phi) is 3.69. The molecule has 1 saturated heterocycles. The quantitative estimate of drug-likeness (QED) is 0.787. The van der Waals surface area contributed by atoms with Crippen LogP contribution in [0.3, 0.4) is 0 Å². The number of aromatic nitrogens is 2. The van der Waals surface area contributed by atoms with Crippen molar-refractivity contribution in [2.45, 2.75) is 6.92 Å². The normalized spacial score (nSPS) is 15.0. The van der Waals surface area contributed by atoms with Crippen LogP contribution >= 0.6 is 0 Å². The Balaban J connectivity index is 1.57. The maximum absolute atomic E-state index is 9.66. The summed E-state index contributed by atoms with van der Waals surface area (Å²) in [5.41, 5.74) is 3.27. The first-order valence-corrected chi connectivity index (χ1v) is 8.21. The Labute approximate surface area is 141 Å². The predicted molar refractivity (Wildman–Crippen MR) is 96.8 cm³/mol. The summed E-state index contributed by atoms with van der Waals surface area (Å²) in [4.78, 5) is 13.5. The van der Waals surface area contributed by atoms with E-state index in [-0.39, 0.29) is 0 Å². The van der Waals surface area contributed by atoms with Crippen molar-refractivity contribution >= 4 is 22.4 Å². The standard InChI is InChI=1S/C19H20N4O/c1-14-5-6-18-17(11-14)19(21-13-20-18)23-9-7-22(8-10-23)15-3-2-4-16(24)12-15/h2-6,11-13,24H,7-10H2,1H3. The molecule has 24 heavy (non-hydrogen) atoms. The van der Waals surface area contributed by atoms with Crippen LogP contribution in [0.2, 0.25) is 0 Å². The number of benzene rings is 2. The van der Waals surface area contributed by atoms with E-state index in [2.05, 4.69) is 44.9 Å². The van der Waals surface area contributed by atoms with E-state index in [1.807, 2.05) is 18.2 Å². The molecule has 1 aromatic heterocycles. The van der Waals surface area contributed by atoms with Gasteiger partial charge in [0.15, 0.2) is 0 Å². The van der Waals surface area contributed by atoms with Crippen LogP contribution in [-0.4, -0.2) is 41.3 Å². The lowest BCUT2D eigenvalue weighted by Crippen LogP contribution is -2.46. The SMILES string of the molecule is Cc1ccc2ncnc(N3CCN(c4cccc(O)c4)CC3)c2c1. The van der Waals surface area contributed by atoms with Gasteiger partial charge in [-0.2, -0.15) is 0 Å². The first-order valence-electron chi connectivity index (χ1n) is 8.21. The van der Waals surface area contributed by atoms with Gasteiger partial charge in [-0.1, -0.05) is 17.7 Å². The van der Waals surface area contributed by atoms with E-state index in [0.717, 1.165) is 48.6 Å². The molecule has 1 aliphatic heterocycles. The van der Waals surface area contributed by atoms with E-state index >= 15 is 0 Å². The molecule has 5 heteroatoms. The Morgan fingerprint density at radius 2 is 1.71 bits per heavy atom. The van der Waals surface area contributed by atoms with Crippen LogP contribution in [-0.2, 0) is 0 Å². The van der Waals surface area contributed by atoms with Crippen molar-refractivity contribution in [3.63, 3.8) is 0 Å². The molecule has 0 atom stereocenters. The van der Waals surface area contributed by atoms with Crippen LogP contribution in [0.4, 0.5) is 11.5 Å². The van der Waals surface area contributed by atoms with Gasteiger partial charge in [0.2, 0.25) is 0 Å². The molecule has 1 aliphatic rings. The van der Waals surface area contributed by atoms with Gasteiger partial charge in [0.05, 0.1) is 5.52 Å². The number of hydrogen-bond donors (Lipinski definition) is 1. The lowest BCUT2D eigenvalue weighted by Gasteiger charge is -2.37. The average Bonchev–Trinajstić information content (AvgIpc) is 2.61. The second kappa shape index (κ2) is 6.00. The van der Waals surface area contributed by atoms with E-state index in [4.69, 9.17) is 0 Å². The summed E-state index contributed by atoms with van der Waals surface area (Å²) in [5, 5.41) is 10.8. The number of anilines is 2. The molecule has 0 spiro atoms. The maximum atomic E-state index is 9.66. The van der Waals surface area contributed by atoms with Crippen LogP contribution in [0.5, 0.6) is 5.75 Å². The fraction of sp³-hybridized carbons (Fsp3) is 0.263. The van der Waals surface area contributed by atoms with Gasteiger partial charge in [-0.15, -0.1) is 0 Å². The molecule has 0 radical (unpaired) electrons. The third-order valence-electron chi connectivity index (χ3n) is 4.54. The van der Waals surface area contributed by atoms with Crippen molar-refractivity contribution in [3.05, 3.63) is 54.4 Å². The number of aryl methyl sites for hydroxylation is 1. The molecule has 0 bridgehead atoms. The number of aromatic hydroxyl groups is 1. The van der Waals surface area contributed by atoms with Crippen molar-refractivity contribution in [1.29, 1.82) is 0 Å². The van der Waals surface area contributed by atoms with Crippen molar-refractivity contribution in [3.8, 4) is 5.75 Å². The van der Waals surface area contributed by atoms with Gasteiger partial charge in [0.25, 0.3) is 0 Å². The van der Waals surface area contributed by atoms with E-state index in [0.29, 0.717) is 5.75 Å². The third-order valence-corrected chi connectivity index (χ3v) is 4.54. The zero-order valence-electron chi connectivity index (χ0n) is 13.7. The molecule has 0 aliphatic carbocycles.